The molecule has 0 saturated carbocycles. The second-order valence-corrected chi connectivity index (χ2v) is 5.90. The number of carbonyl (C=O) groups is 2. The molecule has 0 radical (unpaired) electrons. The number of hydrogen-bond acceptors (Lipinski definition) is 3. The number of nitrogens with zero attached hydrogens (tertiary/aromatic N) is 2. The minimum Gasteiger partial charge on any atom is -0.478 e. The highest BCUT2D eigenvalue weighted by Gasteiger charge is 2.30. The molecule has 126 valence electrons. The molecule has 1 heterocycles. The van der Waals surface area contributed by atoms with Crippen molar-refractivity contribution >= 4 is 17.7 Å². The smallest absolute Gasteiger partial charge is 0.335 e. The van der Waals surface area contributed by atoms with Gasteiger partial charge in [-0.05, 0) is 48.7 Å². The summed E-state index contributed by atoms with van der Waals surface area (Å²) in [6.07, 6.45) is 1.64. The van der Waals surface area contributed by atoms with Crippen LogP contribution in [0, 0.1) is 11.3 Å². The van der Waals surface area contributed by atoms with E-state index in [-0.39, 0.29) is 17.6 Å². The lowest BCUT2D eigenvalue weighted by Gasteiger charge is -2.25. The lowest BCUT2D eigenvalue weighted by atomic mass is 10.0. The topological polar surface area (TPSA) is 93.4 Å². The average Bonchev–Trinajstić information content (AvgIpc) is 3.12. The Labute approximate surface area is 145 Å². The third-order valence-corrected chi connectivity index (χ3v) is 4.27. The van der Waals surface area contributed by atoms with Gasteiger partial charge in [-0.15, -0.1) is 0 Å². The molecule has 0 aliphatic carbocycles. The van der Waals surface area contributed by atoms with Crippen LogP contribution in [0.5, 0.6) is 0 Å². The number of rotatable bonds is 3. The fourth-order valence-electron chi connectivity index (χ4n) is 3.10. The number of benzene rings is 2. The van der Waals surface area contributed by atoms with Gasteiger partial charge in [-0.1, -0.05) is 18.2 Å². The van der Waals surface area contributed by atoms with Gasteiger partial charge in [0.15, 0.2) is 0 Å². The van der Waals surface area contributed by atoms with E-state index in [0.717, 1.165) is 18.4 Å². The normalized spacial score (nSPS) is 16.3. The van der Waals surface area contributed by atoms with Gasteiger partial charge < -0.3 is 15.3 Å². The summed E-state index contributed by atoms with van der Waals surface area (Å²) in [4.78, 5) is 25.5. The summed E-state index contributed by atoms with van der Waals surface area (Å²) in [5, 5.41) is 20.9. The molecule has 0 spiro atoms. The Bertz CT molecular complexity index is 857. The molecule has 25 heavy (non-hydrogen) atoms. The third-order valence-electron chi connectivity index (χ3n) is 4.27. The molecule has 2 aromatic carbocycles. The van der Waals surface area contributed by atoms with Crippen molar-refractivity contribution in [2.75, 3.05) is 11.9 Å². The van der Waals surface area contributed by atoms with E-state index in [1.807, 2.05) is 12.1 Å². The van der Waals surface area contributed by atoms with E-state index in [0.29, 0.717) is 17.8 Å². The van der Waals surface area contributed by atoms with Crippen molar-refractivity contribution < 1.29 is 14.7 Å². The zero-order valence-electron chi connectivity index (χ0n) is 13.5. The Morgan fingerprint density at radius 2 is 2.00 bits per heavy atom. The maximum Gasteiger partial charge on any atom is 0.335 e. The quantitative estimate of drug-likeness (QED) is 0.895. The first-order chi connectivity index (χ1) is 12.1. The Balaban J connectivity index is 1.79. The summed E-state index contributed by atoms with van der Waals surface area (Å²) in [7, 11) is 0. The number of hydrogen-bond donors (Lipinski definition) is 2. The predicted molar refractivity (Wildman–Crippen MR) is 92.3 cm³/mol. The molecule has 0 bridgehead atoms. The van der Waals surface area contributed by atoms with Crippen molar-refractivity contribution in [3.8, 4) is 6.07 Å². The van der Waals surface area contributed by atoms with E-state index in [2.05, 4.69) is 5.32 Å². The van der Waals surface area contributed by atoms with E-state index in [1.54, 1.807) is 47.4 Å². The zero-order valence-corrected chi connectivity index (χ0v) is 13.5. The highest BCUT2D eigenvalue weighted by Crippen LogP contribution is 2.32. The van der Waals surface area contributed by atoms with Gasteiger partial charge in [0.25, 0.3) is 0 Å². The number of urea groups is 1. The number of carboxylic acids is 1. The van der Waals surface area contributed by atoms with Crippen LogP contribution < -0.4 is 5.32 Å². The number of nitrogens with one attached hydrogen (secondary N) is 1. The number of nitriles is 1. The Morgan fingerprint density at radius 3 is 2.76 bits per heavy atom. The van der Waals surface area contributed by atoms with Crippen molar-refractivity contribution in [3.05, 3.63) is 65.2 Å². The molecular weight excluding hydrogens is 318 g/mol. The molecule has 1 saturated heterocycles. The fourth-order valence-corrected chi connectivity index (χ4v) is 3.10. The highest BCUT2D eigenvalue weighted by atomic mass is 16.4. The van der Waals surface area contributed by atoms with E-state index < -0.39 is 5.97 Å². The van der Waals surface area contributed by atoms with Crippen LogP contribution in [0.2, 0.25) is 0 Å². The zero-order chi connectivity index (χ0) is 17.8. The van der Waals surface area contributed by atoms with E-state index in [1.165, 1.54) is 0 Å². The first-order valence-corrected chi connectivity index (χ1v) is 7.99. The van der Waals surface area contributed by atoms with Gasteiger partial charge in [0, 0.05) is 12.2 Å². The molecule has 2 N–H and O–H groups in total. The molecule has 2 aromatic rings. The summed E-state index contributed by atoms with van der Waals surface area (Å²) in [5.41, 5.74) is 2.07. The van der Waals surface area contributed by atoms with Crippen LogP contribution in [0.15, 0.2) is 48.5 Å². The molecule has 6 heteroatoms. The molecule has 6 nitrogen and oxygen atoms in total. The largest absolute Gasteiger partial charge is 0.478 e. The van der Waals surface area contributed by atoms with Crippen LogP contribution in [0.4, 0.5) is 10.5 Å². The van der Waals surface area contributed by atoms with Crippen LogP contribution in [0.25, 0.3) is 0 Å². The van der Waals surface area contributed by atoms with E-state index in [4.69, 9.17) is 10.4 Å². The summed E-state index contributed by atoms with van der Waals surface area (Å²) in [6.45, 7) is 0.603. The van der Waals surface area contributed by atoms with Crippen molar-refractivity contribution in [2.24, 2.45) is 0 Å². The van der Waals surface area contributed by atoms with Crippen LogP contribution in [0.3, 0.4) is 0 Å². The van der Waals surface area contributed by atoms with Crippen molar-refractivity contribution in [1.82, 2.24) is 4.90 Å². The Morgan fingerprint density at radius 1 is 1.20 bits per heavy atom. The van der Waals surface area contributed by atoms with Crippen LogP contribution in [-0.4, -0.2) is 28.6 Å². The number of carboxylic acid groups (broad SMARTS) is 1. The van der Waals surface area contributed by atoms with Crippen molar-refractivity contribution in [2.45, 2.75) is 18.9 Å². The molecule has 1 fully saturated rings. The summed E-state index contributed by atoms with van der Waals surface area (Å²) >= 11 is 0. The van der Waals surface area contributed by atoms with Gasteiger partial charge in [-0.25, -0.2) is 9.59 Å². The summed E-state index contributed by atoms with van der Waals surface area (Å²) in [5.74, 6) is -0.982. The number of amides is 2. The van der Waals surface area contributed by atoms with E-state index >= 15 is 0 Å². The molecule has 0 unspecified atom stereocenters. The lowest BCUT2D eigenvalue weighted by molar-refractivity contribution is 0.0696. The molecule has 1 aliphatic heterocycles. The van der Waals surface area contributed by atoms with Crippen LogP contribution in [-0.2, 0) is 0 Å². The van der Waals surface area contributed by atoms with Crippen LogP contribution >= 0.6 is 0 Å². The number of likely N-dealkylation sites (tertiary alicyclic amines) is 1. The van der Waals surface area contributed by atoms with Gasteiger partial charge in [0.2, 0.25) is 0 Å². The van der Waals surface area contributed by atoms with Gasteiger partial charge >= 0.3 is 12.0 Å². The second kappa shape index (κ2) is 7.05. The summed E-state index contributed by atoms with van der Waals surface area (Å²) in [6, 6.07) is 15.1. The Hall–Kier alpha value is -3.33. The van der Waals surface area contributed by atoms with Gasteiger partial charge in [-0.3, -0.25) is 0 Å². The number of carbonyl (C=O) groups excluding carboxylic acids is 1. The minimum absolute atomic E-state index is 0.154. The predicted octanol–water partition coefficient (Wildman–Crippen LogP) is 3.63. The van der Waals surface area contributed by atoms with Gasteiger partial charge in [0.1, 0.15) is 0 Å². The second-order valence-electron chi connectivity index (χ2n) is 5.90. The fraction of sp³-hybridized carbons (Fsp3) is 0.211. The highest BCUT2D eigenvalue weighted by molar-refractivity contribution is 5.90. The van der Waals surface area contributed by atoms with Crippen molar-refractivity contribution in [1.29, 1.82) is 5.26 Å². The molecule has 1 atom stereocenters. The van der Waals surface area contributed by atoms with Gasteiger partial charge in [-0.2, -0.15) is 5.26 Å². The standard InChI is InChI=1S/C19H17N3O3/c20-12-13-4-1-7-16(10-13)21-19(25)22-9-3-8-17(22)14-5-2-6-15(11-14)18(23)24/h1-2,4-7,10-11,17H,3,8-9H2,(H,21,25)(H,23,24)/t17-/m1/s1. The first-order valence-electron chi connectivity index (χ1n) is 7.99. The third kappa shape index (κ3) is 3.61. The van der Waals surface area contributed by atoms with Crippen molar-refractivity contribution in [3.63, 3.8) is 0 Å². The monoisotopic (exact) mass is 335 g/mol. The van der Waals surface area contributed by atoms with Gasteiger partial charge in [0.05, 0.1) is 23.2 Å². The SMILES string of the molecule is N#Cc1cccc(NC(=O)N2CCC[C@@H]2c2cccc(C(=O)O)c2)c1. The Kier molecular flexibility index (Phi) is 4.66. The molecular formula is C19H17N3O3. The molecule has 0 aromatic heterocycles. The number of aromatic carboxylic acids is 1. The minimum atomic E-state index is -0.982. The molecule has 1 aliphatic rings. The first kappa shape index (κ1) is 16.5. The average molecular weight is 335 g/mol. The summed E-state index contributed by atoms with van der Waals surface area (Å²) < 4.78 is 0. The van der Waals surface area contributed by atoms with E-state index in [9.17, 15) is 9.59 Å². The molecule has 2 amide bonds. The molecule has 3 rings (SSSR count). The van der Waals surface area contributed by atoms with Crippen LogP contribution in [0.1, 0.15) is 40.4 Å². The number of anilines is 1. The lowest BCUT2D eigenvalue weighted by Crippen LogP contribution is -2.34. The maximum atomic E-state index is 12.6. The maximum absolute atomic E-state index is 12.6.